The van der Waals surface area contributed by atoms with Crippen molar-refractivity contribution in [1.82, 2.24) is 10.2 Å². The van der Waals surface area contributed by atoms with Gasteiger partial charge in [-0.05, 0) is 31.6 Å². The lowest BCUT2D eigenvalue weighted by Gasteiger charge is -2.46. The Morgan fingerprint density at radius 3 is 2.40 bits per heavy atom. The Morgan fingerprint density at radius 1 is 1.20 bits per heavy atom. The van der Waals surface area contributed by atoms with Crippen LogP contribution in [-0.2, 0) is 4.74 Å². The molecule has 3 nitrogen and oxygen atoms in total. The molecule has 20 heavy (non-hydrogen) atoms. The van der Waals surface area contributed by atoms with Gasteiger partial charge in [0.15, 0.2) is 0 Å². The van der Waals surface area contributed by atoms with Crippen molar-refractivity contribution in [1.29, 1.82) is 0 Å². The molecule has 120 valence electrons. The van der Waals surface area contributed by atoms with Gasteiger partial charge in [-0.1, -0.05) is 34.6 Å². The maximum atomic E-state index is 5.76. The van der Waals surface area contributed by atoms with Gasteiger partial charge >= 0.3 is 0 Å². The third-order valence-electron chi connectivity index (χ3n) is 4.46. The molecule has 0 spiro atoms. The van der Waals surface area contributed by atoms with Gasteiger partial charge in [0.05, 0.1) is 6.61 Å². The number of ether oxygens (including phenoxy) is 1. The molecule has 0 radical (unpaired) electrons. The van der Waals surface area contributed by atoms with Crippen LogP contribution in [0.2, 0.25) is 0 Å². The maximum Gasteiger partial charge on any atom is 0.0624 e. The molecule has 1 heterocycles. The maximum absolute atomic E-state index is 5.76. The Balaban J connectivity index is 2.71. The highest BCUT2D eigenvalue weighted by atomic mass is 16.5. The lowest BCUT2D eigenvalue weighted by Crippen LogP contribution is -2.61. The van der Waals surface area contributed by atoms with E-state index in [2.05, 4.69) is 51.8 Å². The monoisotopic (exact) mass is 284 g/mol. The quantitative estimate of drug-likeness (QED) is 0.741. The molecule has 0 aromatic heterocycles. The van der Waals surface area contributed by atoms with Crippen molar-refractivity contribution in [3.63, 3.8) is 0 Å². The van der Waals surface area contributed by atoms with Gasteiger partial charge in [0.2, 0.25) is 0 Å². The summed E-state index contributed by atoms with van der Waals surface area (Å²) in [6.07, 6.45) is 2.49. The van der Waals surface area contributed by atoms with Crippen LogP contribution in [0.4, 0.5) is 0 Å². The summed E-state index contributed by atoms with van der Waals surface area (Å²) in [5, 5.41) is 3.75. The zero-order chi connectivity index (χ0) is 15.1. The molecule has 3 atom stereocenters. The molecule has 1 rings (SSSR count). The van der Waals surface area contributed by atoms with Crippen molar-refractivity contribution in [2.75, 3.05) is 26.3 Å². The summed E-state index contributed by atoms with van der Waals surface area (Å²) in [5.41, 5.74) is 0. The summed E-state index contributed by atoms with van der Waals surface area (Å²) >= 11 is 0. The van der Waals surface area contributed by atoms with Gasteiger partial charge in [-0.3, -0.25) is 4.90 Å². The summed E-state index contributed by atoms with van der Waals surface area (Å²) in [7, 11) is 0. The largest absolute Gasteiger partial charge is 0.380 e. The topological polar surface area (TPSA) is 24.5 Å². The van der Waals surface area contributed by atoms with Crippen molar-refractivity contribution in [3.8, 4) is 0 Å². The Morgan fingerprint density at radius 2 is 1.90 bits per heavy atom. The van der Waals surface area contributed by atoms with E-state index in [1.807, 2.05) is 0 Å². The summed E-state index contributed by atoms with van der Waals surface area (Å²) < 4.78 is 5.76. The van der Waals surface area contributed by atoms with Crippen LogP contribution in [0.25, 0.3) is 0 Å². The van der Waals surface area contributed by atoms with Crippen LogP contribution >= 0.6 is 0 Å². The second-order valence-electron chi connectivity index (χ2n) is 6.96. The number of piperazine rings is 1. The second kappa shape index (κ2) is 9.01. The van der Waals surface area contributed by atoms with Crippen LogP contribution in [0.3, 0.4) is 0 Å². The molecular weight excluding hydrogens is 248 g/mol. The lowest BCUT2D eigenvalue weighted by atomic mass is 9.94. The van der Waals surface area contributed by atoms with Crippen LogP contribution in [0.5, 0.6) is 0 Å². The Bertz CT molecular complexity index is 255. The zero-order valence-electron chi connectivity index (χ0n) is 14.5. The second-order valence-corrected chi connectivity index (χ2v) is 6.96. The lowest BCUT2D eigenvalue weighted by molar-refractivity contribution is -0.00196. The fraction of sp³-hybridized carbons (Fsp3) is 1.00. The van der Waals surface area contributed by atoms with E-state index in [0.29, 0.717) is 24.0 Å². The average Bonchev–Trinajstić information content (AvgIpc) is 2.38. The van der Waals surface area contributed by atoms with Gasteiger partial charge in [-0.15, -0.1) is 0 Å². The standard InChI is InChI=1S/C17H36N2O/c1-7-16-10-18-15(9-13(3)4)11-19(16)17(14(5)6)12-20-8-2/h13-18H,7-12H2,1-6H3. The highest BCUT2D eigenvalue weighted by molar-refractivity contribution is 4.90. The number of nitrogens with zero attached hydrogens (tertiary/aromatic N) is 1. The Kier molecular flexibility index (Phi) is 8.08. The van der Waals surface area contributed by atoms with Crippen molar-refractivity contribution in [2.24, 2.45) is 11.8 Å². The van der Waals surface area contributed by atoms with Crippen molar-refractivity contribution in [3.05, 3.63) is 0 Å². The van der Waals surface area contributed by atoms with Crippen LogP contribution in [0, 0.1) is 11.8 Å². The SMILES string of the molecule is CCOCC(C(C)C)N1CC(CC(C)C)NCC1CC. The third-order valence-corrected chi connectivity index (χ3v) is 4.46. The first kappa shape index (κ1) is 17.9. The van der Waals surface area contributed by atoms with Gasteiger partial charge in [-0.25, -0.2) is 0 Å². The smallest absolute Gasteiger partial charge is 0.0624 e. The Hall–Kier alpha value is -0.120. The molecule has 0 amide bonds. The van der Waals surface area contributed by atoms with Gasteiger partial charge in [0.25, 0.3) is 0 Å². The number of hydrogen-bond donors (Lipinski definition) is 1. The molecule has 0 aromatic carbocycles. The van der Waals surface area contributed by atoms with Gasteiger partial charge < -0.3 is 10.1 Å². The van der Waals surface area contributed by atoms with Crippen LogP contribution < -0.4 is 5.32 Å². The zero-order valence-corrected chi connectivity index (χ0v) is 14.5. The van der Waals surface area contributed by atoms with Crippen molar-refractivity contribution >= 4 is 0 Å². The average molecular weight is 284 g/mol. The van der Waals surface area contributed by atoms with Gasteiger partial charge in [0.1, 0.15) is 0 Å². The third kappa shape index (κ3) is 5.34. The van der Waals surface area contributed by atoms with Gasteiger partial charge in [-0.2, -0.15) is 0 Å². The molecule has 0 aromatic rings. The number of hydrogen-bond acceptors (Lipinski definition) is 3. The minimum atomic E-state index is 0.552. The molecule has 1 fully saturated rings. The van der Waals surface area contributed by atoms with Crippen LogP contribution in [-0.4, -0.2) is 49.3 Å². The number of nitrogens with one attached hydrogen (secondary N) is 1. The fourth-order valence-electron chi connectivity index (χ4n) is 3.31. The molecule has 0 bridgehead atoms. The van der Waals surface area contributed by atoms with Crippen molar-refractivity contribution < 1.29 is 4.74 Å². The predicted molar refractivity (Wildman–Crippen MR) is 87.1 cm³/mol. The molecule has 1 aliphatic rings. The first-order chi connectivity index (χ1) is 9.49. The van der Waals surface area contributed by atoms with Gasteiger partial charge in [0, 0.05) is 37.8 Å². The highest BCUT2D eigenvalue weighted by Crippen LogP contribution is 2.22. The van der Waals surface area contributed by atoms with E-state index in [4.69, 9.17) is 4.74 Å². The molecule has 0 aliphatic carbocycles. The molecule has 1 aliphatic heterocycles. The molecule has 3 heteroatoms. The van der Waals surface area contributed by atoms with Crippen LogP contribution in [0.15, 0.2) is 0 Å². The Labute approximate surface area is 126 Å². The minimum absolute atomic E-state index is 0.552. The van der Waals surface area contributed by atoms with E-state index in [1.165, 1.54) is 19.4 Å². The van der Waals surface area contributed by atoms with E-state index in [0.717, 1.165) is 25.7 Å². The summed E-state index contributed by atoms with van der Waals surface area (Å²) in [6, 6.07) is 1.85. The molecule has 0 saturated carbocycles. The molecular formula is C17H36N2O. The van der Waals surface area contributed by atoms with E-state index in [-0.39, 0.29) is 0 Å². The van der Waals surface area contributed by atoms with E-state index in [9.17, 15) is 0 Å². The molecule has 1 saturated heterocycles. The summed E-state index contributed by atoms with van der Waals surface area (Å²) in [4.78, 5) is 2.73. The molecule has 1 N–H and O–H groups in total. The highest BCUT2D eigenvalue weighted by Gasteiger charge is 2.33. The first-order valence-corrected chi connectivity index (χ1v) is 8.56. The van der Waals surface area contributed by atoms with Crippen LogP contribution in [0.1, 0.15) is 54.4 Å². The fourth-order valence-corrected chi connectivity index (χ4v) is 3.31. The predicted octanol–water partition coefficient (Wildman–Crippen LogP) is 3.15. The first-order valence-electron chi connectivity index (χ1n) is 8.56. The molecule has 3 unspecified atom stereocenters. The van der Waals surface area contributed by atoms with E-state index < -0.39 is 0 Å². The number of rotatable bonds is 8. The van der Waals surface area contributed by atoms with Crippen molar-refractivity contribution in [2.45, 2.75) is 72.5 Å². The normalized spacial score (nSPS) is 26.4. The van der Waals surface area contributed by atoms with E-state index in [1.54, 1.807) is 0 Å². The summed E-state index contributed by atoms with van der Waals surface area (Å²) in [5.74, 6) is 1.41. The summed E-state index contributed by atoms with van der Waals surface area (Å²) in [6.45, 7) is 17.7. The van der Waals surface area contributed by atoms with E-state index >= 15 is 0 Å². The minimum Gasteiger partial charge on any atom is -0.380 e.